The van der Waals surface area contributed by atoms with Crippen LogP contribution in [-0.2, 0) is 16.0 Å². The van der Waals surface area contributed by atoms with Crippen molar-refractivity contribution in [1.29, 1.82) is 0 Å². The maximum Gasteiger partial charge on any atom is 0.305 e. The van der Waals surface area contributed by atoms with Crippen molar-refractivity contribution in [3.63, 3.8) is 0 Å². The van der Waals surface area contributed by atoms with Crippen molar-refractivity contribution in [1.82, 2.24) is 4.90 Å². The van der Waals surface area contributed by atoms with Crippen molar-refractivity contribution in [3.05, 3.63) is 34.9 Å². The number of carboxylic acid groups (broad SMARTS) is 1. The second-order valence-corrected chi connectivity index (χ2v) is 5.98. The number of carboxylic acids is 1. The number of likely N-dealkylation sites (tertiary alicyclic amines) is 1. The van der Waals surface area contributed by atoms with Crippen LogP contribution in [0.4, 0.5) is 0 Å². The van der Waals surface area contributed by atoms with Gasteiger partial charge < -0.3 is 10.0 Å². The summed E-state index contributed by atoms with van der Waals surface area (Å²) in [6.45, 7) is 4.81. The molecule has 2 rings (SSSR count). The number of amides is 1. The topological polar surface area (TPSA) is 57.6 Å². The van der Waals surface area contributed by atoms with Gasteiger partial charge in [0.05, 0.1) is 6.42 Å². The third kappa shape index (κ3) is 4.31. The number of hydrogen-bond acceptors (Lipinski definition) is 2. The number of carbonyl (C=O) groups is 2. The highest BCUT2D eigenvalue weighted by atomic mass is 16.4. The number of benzene rings is 1. The van der Waals surface area contributed by atoms with E-state index in [1.807, 2.05) is 0 Å². The lowest BCUT2D eigenvalue weighted by atomic mass is 10.0. The molecule has 1 aliphatic rings. The van der Waals surface area contributed by atoms with Gasteiger partial charge in [-0.1, -0.05) is 29.3 Å². The predicted octanol–water partition coefficient (Wildman–Crippen LogP) is 2.70. The molecule has 0 bridgehead atoms. The van der Waals surface area contributed by atoms with Crippen LogP contribution in [0.2, 0.25) is 0 Å². The number of rotatable bonds is 5. The number of aryl methyl sites for hydroxylation is 3. The molecule has 0 radical (unpaired) electrons. The summed E-state index contributed by atoms with van der Waals surface area (Å²) in [7, 11) is 0. The molecule has 21 heavy (non-hydrogen) atoms. The first-order valence-corrected chi connectivity index (χ1v) is 7.54. The second-order valence-electron chi connectivity index (χ2n) is 5.98. The van der Waals surface area contributed by atoms with Gasteiger partial charge in [0.2, 0.25) is 5.91 Å². The zero-order chi connectivity index (χ0) is 15.4. The number of hydrogen-bond donors (Lipinski definition) is 1. The Balaban J connectivity index is 1.93. The molecule has 114 valence electrons. The SMILES string of the molecule is Cc1cc(C)cc(CCC(=O)N2CCCC2CC(=O)O)c1. The Morgan fingerprint density at radius 2 is 1.90 bits per heavy atom. The Morgan fingerprint density at radius 3 is 2.52 bits per heavy atom. The van der Waals surface area contributed by atoms with Crippen molar-refractivity contribution >= 4 is 11.9 Å². The van der Waals surface area contributed by atoms with Crippen LogP contribution in [0.3, 0.4) is 0 Å². The van der Waals surface area contributed by atoms with E-state index in [2.05, 4.69) is 32.0 Å². The lowest BCUT2D eigenvalue weighted by Gasteiger charge is -2.23. The quantitative estimate of drug-likeness (QED) is 0.906. The molecule has 0 saturated carbocycles. The van der Waals surface area contributed by atoms with Gasteiger partial charge in [-0.25, -0.2) is 0 Å². The van der Waals surface area contributed by atoms with Gasteiger partial charge in [-0.05, 0) is 38.7 Å². The molecular formula is C17H23NO3. The Bertz CT molecular complexity index is 519. The highest BCUT2D eigenvalue weighted by Crippen LogP contribution is 2.22. The monoisotopic (exact) mass is 289 g/mol. The highest BCUT2D eigenvalue weighted by Gasteiger charge is 2.29. The second kappa shape index (κ2) is 6.74. The third-order valence-electron chi connectivity index (χ3n) is 4.02. The van der Waals surface area contributed by atoms with Crippen molar-refractivity contribution in [2.75, 3.05) is 6.54 Å². The molecular weight excluding hydrogens is 266 g/mol. The molecule has 1 amide bonds. The molecule has 1 unspecified atom stereocenters. The molecule has 1 atom stereocenters. The van der Waals surface area contributed by atoms with Crippen LogP contribution in [0.15, 0.2) is 18.2 Å². The fourth-order valence-corrected chi connectivity index (χ4v) is 3.19. The Labute approximate surface area is 125 Å². The summed E-state index contributed by atoms with van der Waals surface area (Å²) >= 11 is 0. The smallest absolute Gasteiger partial charge is 0.305 e. The average molecular weight is 289 g/mol. The summed E-state index contributed by atoms with van der Waals surface area (Å²) in [4.78, 5) is 24.9. The Kier molecular flexibility index (Phi) is 4.99. The van der Waals surface area contributed by atoms with Gasteiger partial charge in [0.15, 0.2) is 0 Å². The van der Waals surface area contributed by atoms with E-state index in [1.54, 1.807) is 4.90 Å². The molecule has 1 N–H and O–H groups in total. The van der Waals surface area contributed by atoms with Gasteiger partial charge in [-0.15, -0.1) is 0 Å². The molecule has 1 fully saturated rings. The number of nitrogens with zero attached hydrogens (tertiary/aromatic N) is 1. The van der Waals surface area contributed by atoms with Gasteiger partial charge in [0.1, 0.15) is 0 Å². The van der Waals surface area contributed by atoms with Crippen molar-refractivity contribution in [2.24, 2.45) is 0 Å². The fraction of sp³-hybridized carbons (Fsp3) is 0.529. The zero-order valence-electron chi connectivity index (χ0n) is 12.8. The van der Waals surface area contributed by atoms with Gasteiger partial charge in [-0.2, -0.15) is 0 Å². The lowest BCUT2D eigenvalue weighted by molar-refractivity contribution is -0.139. The number of carbonyl (C=O) groups excluding carboxylic acids is 1. The lowest BCUT2D eigenvalue weighted by Crippen LogP contribution is -2.36. The molecule has 1 aromatic rings. The van der Waals surface area contributed by atoms with Gasteiger partial charge in [-0.3, -0.25) is 9.59 Å². The molecule has 4 nitrogen and oxygen atoms in total. The summed E-state index contributed by atoms with van der Waals surface area (Å²) < 4.78 is 0. The minimum Gasteiger partial charge on any atom is -0.481 e. The highest BCUT2D eigenvalue weighted by molar-refractivity contribution is 5.78. The van der Waals surface area contributed by atoms with Gasteiger partial charge in [0, 0.05) is 19.0 Å². The van der Waals surface area contributed by atoms with E-state index in [1.165, 1.54) is 16.7 Å². The van der Waals surface area contributed by atoms with Crippen molar-refractivity contribution in [2.45, 2.75) is 52.0 Å². The first kappa shape index (κ1) is 15.5. The van der Waals surface area contributed by atoms with E-state index >= 15 is 0 Å². The maximum atomic E-state index is 12.3. The van der Waals surface area contributed by atoms with Gasteiger partial charge in [0.25, 0.3) is 0 Å². The normalized spacial score (nSPS) is 18.0. The van der Waals surface area contributed by atoms with Crippen molar-refractivity contribution < 1.29 is 14.7 Å². The molecule has 1 saturated heterocycles. The summed E-state index contributed by atoms with van der Waals surface area (Å²) in [5, 5.41) is 8.90. The minimum absolute atomic E-state index is 0.0648. The molecule has 4 heteroatoms. The van der Waals surface area contributed by atoms with Crippen LogP contribution in [-0.4, -0.2) is 34.5 Å². The van der Waals surface area contributed by atoms with E-state index in [4.69, 9.17) is 5.11 Å². The van der Waals surface area contributed by atoms with Crippen molar-refractivity contribution in [3.8, 4) is 0 Å². The zero-order valence-corrected chi connectivity index (χ0v) is 12.8. The largest absolute Gasteiger partial charge is 0.481 e. The average Bonchev–Trinajstić information content (AvgIpc) is 2.82. The van der Waals surface area contributed by atoms with E-state index in [0.29, 0.717) is 13.0 Å². The standard InChI is InChI=1S/C17H23NO3/c1-12-8-13(2)10-14(9-12)5-6-16(19)18-7-3-4-15(18)11-17(20)21/h8-10,15H,3-7,11H2,1-2H3,(H,20,21). The summed E-state index contributed by atoms with van der Waals surface area (Å²) in [5.41, 5.74) is 3.60. The van der Waals surface area contributed by atoms with Crippen LogP contribution in [0, 0.1) is 13.8 Å². The van der Waals surface area contributed by atoms with Crippen LogP contribution < -0.4 is 0 Å². The first-order chi connectivity index (χ1) is 9.95. The molecule has 1 aliphatic heterocycles. The summed E-state index contributed by atoms with van der Waals surface area (Å²) in [6.07, 6.45) is 2.96. The predicted molar refractivity (Wildman–Crippen MR) is 81.2 cm³/mol. The minimum atomic E-state index is -0.825. The summed E-state index contributed by atoms with van der Waals surface area (Å²) in [5.74, 6) is -0.744. The number of aliphatic carboxylic acids is 1. The van der Waals surface area contributed by atoms with E-state index in [9.17, 15) is 9.59 Å². The molecule has 0 aliphatic carbocycles. The Morgan fingerprint density at radius 1 is 1.24 bits per heavy atom. The van der Waals surface area contributed by atoms with Gasteiger partial charge >= 0.3 is 5.97 Å². The Hall–Kier alpha value is -1.84. The van der Waals surface area contributed by atoms with Crippen LogP contribution in [0.5, 0.6) is 0 Å². The summed E-state index contributed by atoms with van der Waals surface area (Å²) in [6, 6.07) is 6.22. The van der Waals surface area contributed by atoms with E-state index in [0.717, 1.165) is 19.3 Å². The first-order valence-electron chi connectivity index (χ1n) is 7.54. The third-order valence-corrected chi connectivity index (χ3v) is 4.02. The molecule has 0 aromatic heterocycles. The van der Waals surface area contributed by atoms with E-state index < -0.39 is 5.97 Å². The van der Waals surface area contributed by atoms with E-state index in [-0.39, 0.29) is 18.4 Å². The van der Waals surface area contributed by atoms with Crippen LogP contribution in [0.1, 0.15) is 42.4 Å². The fourth-order valence-electron chi connectivity index (χ4n) is 3.19. The molecule has 1 heterocycles. The molecule has 0 spiro atoms. The van der Waals surface area contributed by atoms with Crippen LogP contribution in [0.25, 0.3) is 0 Å². The van der Waals surface area contributed by atoms with Crippen LogP contribution >= 0.6 is 0 Å². The molecule has 1 aromatic carbocycles. The maximum absolute atomic E-state index is 12.3.